The summed E-state index contributed by atoms with van der Waals surface area (Å²) in [5.41, 5.74) is 18.3. The molecule has 3 heteroatoms. The van der Waals surface area contributed by atoms with Gasteiger partial charge in [-0.05, 0) is 85.8 Å². The molecule has 0 aliphatic heterocycles. The molecule has 2 radical (unpaired) electrons. The quantitative estimate of drug-likeness (QED) is 0.147. The van der Waals surface area contributed by atoms with Gasteiger partial charge in [-0.3, -0.25) is 0 Å². The first-order valence-electron chi connectivity index (χ1n) is 20.1. The van der Waals surface area contributed by atoms with Gasteiger partial charge in [-0.1, -0.05) is 151 Å². The van der Waals surface area contributed by atoms with E-state index >= 15 is 0 Å². The fourth-order valence-electron chi connectivity index (χ4n) is 8.38. The van der Waals surface area contributed by atoms with Gasteiger partial charge in [-0.15, -0.1) is 46.2 Å². The zero-order valence-corrected chi connectivity index (χ0v) is 42.0. The zero-order chi connectivity index (χ0) is 40.8. The molecule has 4 aromatic carbocycles. The second-order valence-electron chi connectivity index (χ2n) is 20.1. The molecule has 3 aliphatic rings. The first-order chi connectivity index (χ1) is 25.6. The average molecular weight is 854 g/mol. The average Bonchev–Trinajstić information content (AvgIpc) is 3.82. The molecule has 0 spiro atoms. The van der Waals surface area contributed by atoms with Crippen molar-refractivity contribution < 1.29 is 28.1 Å². The molecule has 0 saturated heterocycles. The molecular weight excluding hydrogens is 784 g/mol. The van der Waals surface area contributed by atoms with Gasteiger partial charge in [0.05, 0.1) is 7.11 Å². The molecular formula is C54H70OSiZr-4. The van der Waals surface area contributed by atoms with Crippen molar-refractivity contribution in [1.82, 2.24) is 0 Å². The topological polar surface area (TPSA) is 9.23 Å². The molecule has 3 aliphatic carbocycles. The Balaban J connectivity index is 0.000000290. The van der Waals surface area contributed by atoms with Crippen molar-refractivity contribution in [1.29, 1.82) is 0 Å². The molecule has 0 saturated carbocycles. The molecule has 0 heterocycles. The van der Waals surface area contributed by atoms with E-state index in [-0.39, 0.29) is 36.5 Å². The van der Waals surface area contributed by atoms with Gasteiger partial charge in [0.2, 0.25) is 0 Å². The van der Waals surface area contributed by atoms with Gasteiger partial charge in [0, 0.05) is 0 Å². The van der Waals surface area contributed by atoms with E-state index in [1.807, 2.05) is 7.11 Å². The number of aryl methyl sites for hydroxylation is 1. The van der Waals surface area contributed by atoms with Crippen molar-refractivity contribution in [2.45, 2.75) is 144 Å². The fourth-order valence-corrected chi connectivity index (χ4v) is 8.38. The Labute approximate surface area is 366 Å². The van der Waals surface area contributed by atoms with E-state index in [9.17, 15) is 0 Å². The fraction of sp³-hybridized carbons (Fsp3) is 0.426. The molecule has 0 N–H and O–H groups in total. The molecule has 0 amide bonds. The number of methoxy groups -OCH3 is 1. The van der Waals surface area contributed by atoms with E-state index in [1.165, 1.54) is 115 Å². The van der Waals surface area contributed by atoms with E-state index < -0.39 is 0 Å². The molecule has 7 rings (SSSR count). The van der Waals surface area contributed by atoms with Crippen LogP contribution in [0.2, 0.25) is 0 Å². The van der Waals surface area contributed by atoms with E-state index in [2.05, 4.69) is 183 Å². The Bertz CT molecular complexity index is 2150. The normalized spacial score (nSPS) is 16.4. The predicted octanol–water partition coefficient (Wildman–Crippen LogP) is 15.1. The summed E-state index contributed by atoms with van der Waals surface area (Å²) in [7, 11) is 1.81. The van der Waals surface area contributed by atoms with Crippen LogP contribution < -0.4 is 4.74 Å². The van der Waals surface area contributed by atoms with Gasteiger partial charge in [-0.2, -0.15) is 23.3 Å². The number of benzene rings is 3. The Kier molecular flexibility index (Phi) is 15.5. The summed E-state index contributed by atoms with van der Waals surface area (Å²) < 4.78 is 6.13. The van der Waals surface area contributed by atoms with Crippen LogP contribution in [0.4, 0.5) is 0 Å². The minimum absolute atomic E-state index is 0. The molecule has 1 nitrogen and oxygen atoms in total. The molecule has 57 heavy (non-hydrogen) atoms. The Hall–Kier alpha value is -2.87. The second-order valence-corrected chi connectivity index (χ2v) is 20.1. The van der Waals surface area contributed by atoms with Gasteiger partial charge in [0.25, 0.3) is 0 Å². The number of hydrogen-bond donors (Lipinski definition) is 0. The van der Waals surface area contributed by atoms with Crippen molar-refractivity contribution in [3.63, 3.8) is 0 Å². The van der Waals surface area contributed by atoms with Gasteiger partial charge in [-0.25, -0.2) is 0 Å². The molecule has 4 aromatic rings. The summed E-state index contributed by atoms with van der Waals surface area (Å²) >= 11 is 1.36. The van der Waals surface area contributed by atoms with Crippen LogP contribution in [-0.2, 0) is 45.0 Å². The standard InChI is InChI=1S/C29H39O.C23H25.2CH3.Si.Zr/c1-18-12-19-16-24(29(8,9)10)26(30-11)25(23(19)13-18)20-14-21(27(2,3)4)17-22(15-20)28(5,6)7;1-15-12-18-14-17-6-5-7-20(17)22(21(18)13-15)16-8-10-19(11-9-16)23(2,3)4;;;;/h12-17H,1-11H3;8-11,13-14,22H,5-7H2,1-4H3;2*1H3;;/q4*-1;;. The third-order valence-corrected chi connectivity index (χ3v) is 11.5. The van der Waals surface area contributed by atoms with Crippen molar-refractivity contribution in [2.75, 3.05) is 7.11 Å². The summed E-state index contributed by atoms with van der Waals surface area (Å²) in [5.74, 6) is 1.46. The van der Waals surface area contributed by atoms with Crippen LogP contribution in [0, 0.1) is 27.9 Å². The van der Waals surface area contributed by atoms with E-state index in [0.717, 1.165) is 5.75 Å². The van der Waals surface area contributed by atoms with Crippen LogP contribution >= 0.6 is 0 Å². The first-order valence-corrected chi connectivity index (χ1v) is 24.3. The van der Waals surface area contributed by atoms with Gasteiger partial charge >= 0.3 is 30.2 Å². The van der Waals surface area contributed by atoms with Gasteiger partial charge < -0.3 is 19.6 Å². The summed E-state index contributed by atoms with van der Waals surface area (Å²) in [4.78, 5) is 0. The van der Waals surface area contributed by atoms with Crippen LogP contribution in [0.25, 0.3) is 21.9 Å². The molecule has 304 valence electrons. The number of ether oxygens (including phenoxy) is 1. The number of fused-ring (bicyclic) bond motifs is 2. The van der Waals surface area contributed by atoms with E-state index in [0.29, 0.717) is 5.92 Å². The monoisotopic (exact) mass is 852 g/mol. The summed E-state index contributed by atoms with van der Waals surface area (Å²) in [6, 6.07) is 23.4. The van der Waals surface area contributed by atoms with Crippen LogP contribution in [0.3, 0.4) is 0 Å². The van der Waals surface area contributed by atoms with Gasteiger partial charge in [0.15, 0.2) is 0 Å². The maximum atomic E-state index is 6.13. The SMILES string of the molecule is CC1=[C-]C2=CC3=C(CCC3)C(c3ccc(C(C)(C)C)cc3)C2=C1.COc1c(C(C)(C)C)cc2[cH-]c(C)cc2c1-c1cc(C(C)(C)C)cc(C(C)(C)C)c1.[CH3-].[CH3-].[Si]=[Zr]. The number of rotatable bonds is 3. The number of hydrogen-bond acceptors (Lipinski definition) is 1. The van der Waals surface area contributed by atoms with Crippen LogP contribution in [0.1, 0.15) is 149 Å². The van der Waals surface area contributed by atoms with Crippen molar-refractivity contribution in [3.8, 4) is 16.9 Å². The Morgan fingerprint density at radius 3 is 1.77 bits per heavy atom. The molecule has 1 unspecified atom stereocenters. The summed E-state index contributed by atoms with van der Waals surface area (Å²) in [5, 5.41) is 2.58. The minimum atomic E-state index is -0.00600. The third-order valence-electron chi connectivity index (χ3n) is 11.5. The molecule has 0 bridgehead atoms. The van der Waals surface area contributed by atoms with Crippen molar-refractivity contribution in [2.24, 2.45) is 0 Å². The predicted molar refractivity (Wildman–Crippen MR) is 248 cm³/mol. The second kappa shape index (κ2) is 18.2. The van der Waals surface area contributed by atoms with Crippen molar-refractivity contribution in [3.05, 3.63) is 155 Å². The van der Waals surface area contributed by atoms with E-state index in [1.54, 1.807) is 11.1 Å². The Morgan fingerprint density at radius 1 is 0.702 bits per heavy atom. The third kappa shape index (κ3) is 10.5. The zero-order valence-electron chi connectivity index (χ0n) is 38.5. The summed E-state index contributed by atoms with van der Waals surface area (Å²) in [6.07, 6.45) is 12.1. The van der Waals surface area contributed by atoms with Crippen LogP contribution in [-0.4, -0.2) is 14.0 Å². The summed E-state index contributed by atoms with van der Waals surface area (Å²) in [6.45, 7) is 34.8. The molecule has 1 atom stereocenters. The Morgan fingerprint density at radius 2 is 1.26 bits per heavy atom. The maximum absolute atomic E-state index is 6.13. The van der Waals surface area contributed by atoms with Crippen LogP contribution in [0.15, 0.2) is 101 Å². The van der Waals surface area contributed by atoms with Gasteiger partial charge in [0.1, 0.15) is 5.75 Å². The first kappa shape index (κ1) is 48.5. The van der Waals surface area contributed by atoms with Crippen LogP contribution in [0.5, 0.6) is 5.75 Å². The molecule has 0 aromatic heterocycles. The van der Waals surface area contributed by atoms with Crippen molar-refractivity contribution >= 4 is 17.7 Å². The van der Waals surface area contributed by atoms with E-state index in [4.69, 9.17) is 4.74 Å². The number of allylic oxidation sites excluding steroid dienone is 8. The molecule has 0 fully saturated rings.